The first-order valence-corrected chi connectivity index (χ1v) is 9.38. The summed E-state index contributed by atoms with van der Waals surface area (Å²) in [7, 11) is 3.12. The average molecular weight is 450 g/mol. The van der Waals surface area contributed by atoms with Crippen molar-refractivity contribution in [1.29, 1.82) is 0 Å². The number of hydrogen-bond donors (Lipinski definition) is 3. The second-order valence-corrected chi connectivity index (χ2v) is 6.95. The first-order valence-electron chi connectivity index (χ1n) is 8.18. The number of anilines is 1. The van der Waals surface area contributed by atoms with E-state index in [9.17, 15) is 9.59 Å². The Labute approximate surface area is 171 Å². The summed E-state index contributed by atoms with van der Waals surface area (Å²) in [5, 5.41) is 8.38. The Morgan fingerprint density at radius 2 is 1.85 bits per heavy atom. The molecule has 0 spiro atoms. The molecule has 0 aliphatic heterocycles. The summed E-state index contributed by atoms with van der Waals surface area (Å²) < 4.78 is 5.97. The monoisotopic (exact) mass is 449 g/mol. The zero-order chi connectivity index (χ0) is 19.8. The molecule has 0 atom stereocenters. The van der Waals surface area contributed by atoms with Crippen LogP contribution in [0.25, 0.3) is 0 Å². The third kappa shape index (κ3) is 6.33. The fourth-order valence-corrected chi connectivity index (χ4v) is 2.90. The molecule has 2 aromatic carbocycles. The molecule has 142 valence electrons. The molecular formula is C19H20BrN3O3S. The van der Waals surface area contributed by atoms with Crippen LogP contribution >= 0.6 is 28.1 Å². The molecule has 2 rings (SSSR count). The number of carbonyl (C=O) groups excluding carboxylic acids is 2. The van der Waals surface area contributed by atoms with Gasteiger partial charge in [-0.2, -0.15) is 0 Å². The molecule has 27 heavy (non-hydrogen) atoms. The lowest BCUT2D eigenvalue weighted by Gasteiger charge is -2.12. The van der Waals surface area contributed by atoms with E-state index < -0.39 is 0 Å². The number of aryl methyl sites for hydroxylation is 1. The number of amides is 2. The van der Waals surface area contributed by atoms with Crippen molar-refractivity contribution in [3.8, 4) is 5.75 Å². The summed E-state index contributed by atoms with van der Waals surface area (Å²) in [6.07, 6.45) is 1.09. The lowest BCUT2D eigenvalue weighted by molar-refractivity contribution is -0.120. The van der Waals surface area contributed by atoms with Gasteiger partial charge in [-0.05, 0) is 54.5 Å². The van der Waals surface area contributed by atoms with Gasteiger partial charge in [-0.3, -0.25) is 14.9 Å². The maximum Gasteiger partial charge on any atom is 0.261 e. The van der Waals surface area contributed by atoms with Gasteiger partial charge in [0.1, 0.15) is 5.75 Å². The summed E-state index contributed by atoms with van der Waals surface area (Å²) in [5.74, 6) is 0.0934. The van der Waals surface area contributed by atoms with Crippen LogP contribution in [0.4, 0.5) is 5.69 Å². The Morgan fingerprint density at radius 1 is 1.15 bits per heavy atom. The Morgan fingerprint density at radius 3 is 2.48 bits per heavy atom. The molecule has 0 saturated carbocycles. The second kappa shape index (κ2) is 10.0. The average Bonchev–Trinajstić information content (AvgIpc) is 2.66. The molecule has 8 heteroatoms. The van der Waals surface area contributed by atoms with Gasteiger partial charge in [-0.25, -0.2) is 0 Å². The largest absolute Gasteiger partial charge is 0.496 e. The topological polar surface area (TPSA) is 79.5 Å². The van der Waals surface area contributed by atoms with Gasteiger partial charge in [0, 0.05) is 23.6 Å². The minimum Gasteiger partial charge on any atom is -0.496 e. The van der Waals surface area contributed by atoms with Crippen LogP contribution < -0.4 is 20.7 Å². The summed E-state index contributed by atoms with van der Waals surface area (Å²) in [5.41, 5.74) is 2.16. The molecule has 0 heterocycles. The van der Waals surface area contributed by atoms with Crippen molar-refractivity contribution >= 4 is 50.8 Å². The molecule has 0 bridgehead atoms. The van der Waals surface area contributed by atoms with E-state index in [1.54, 1.807) is 25.2 Å². The van der Waals surface area contributed by atoms with Gasteiger partial charge in [0.05, 0.1) is 12.7 Å². The van der Waals surface area contributed by atoms with Crippen LogP contribution in [0.2, 0.25) is 0 Å². The summed E-state index contributed by atoms with van der Waals surface area (Å²) in [6.45, 7) is 0. The van der Waals surface area contributed by atoms with Gasteiger partial charge in [0.15, 0.2) is 5.11 Å². The Kier molecular flexibility index (Phi) is 7.75. The number of halogens is 1. The van der Waals surface area contributed by atoms with E-state index in [0.29, 0.717) is 24.2 Å². The highest BCUT2D eigenvalue weighted by atomic mass is 79.9. The van der Waals surface area contributed by atoms with E-state index >= 15 is 0 Å². The number of carbonyl (C=O) groups is 2. The van der Waals surface area contributed by atoms with E-state index in [2.05, 4.69) is 31.9 Å². The number of nitrogens with one attached hydrogen (secondary N) is 3. The smallest absolute Gasteiger partial charge is 0.261 e. The van der Waals surface area contributed by atoms with Gasteiger partial charge in [-0.15, -0.1) is 0 Å². The van der Waals surface area contributed by atoms with Crippen LogP contribution in [-0.2, 0) is 11.2 Å². The zero-order valence-electron chi connectivity index (χ0n) is 15.0. The highest BCUT2D eigenvalue weighted by Crippen LogP contribution is 2.22. The number of thiocarbonyl (C=S) groups is 1. The predicted octanol–water partition coefficient (Wildman–Crippen LogP) is 3.26. The van der Waals surface area contributed by atoms with E-state index in [-0.39, 0.29) is 16.9 Å². The Hall–Kier alpha value is -2.45. The maximum absolute atomic E-state index is 12.4. The predicted molar refractivity (Wildman–Crippen MR) is 113 cm³/mol. The quantitative estimate of drug-likeness (QED) is 0.589. The van der Waals surface area contributed by atoms with Crippen molar-refractivity contribution in [2.75, 3.05) is 19.5 Å². The minimum atomic E-state index is -0.368. The van der Waals surface area contributed by atoms with Gasteiger partial charge in [-0.1, -0.05) is 28.1 Å². The molecule has 3 N–H and O–H groups in total. The Bertz CT molecular complexity index is 841. The van der Waals surface area contributed by atoms with Crippen LogP contribution in [0.3, 0.4) is 0 Å². The van der Waals surface area contributed by atoms with Crippen LogP contribution in [0.15, 0.2) is 46.9 Å². The Balaban J connectivity index is 1.94. The summed E-state index contributed by atoms with van der Waals surface area (Å²) in [6, 6.07) is 12.7. The van der Waals surface area contributed by atoms with Crippen molar-refractivity contribution in [2.45, 2.75) is 12.8 Å². The highest BCUT2D eigenvalue weighted by molar-refractivity contribution is 9.10. The third-order valence-corrected chi connectivity index (χ3v) is 4.46. The highest BCUT2D eigenvalue weighted by Gasteiger charge is 2.14. The zero-order valence-corrected chi connectivity index (χ0v) is 17.4. The van der Waals surface area contributed by atoms with Crippen molar-refractivity contribution in [3.63, 3.8) is 0 Å². The van der Waals surface area contributed by atoms with Crippen LogP contribution in [0.5, 0.6) is 5.75 Å². The lowest BCUT2D eigenvalue weighted by atomic mass is 10.1. The van der Waals surface area contributed by atoms with Crippen molar-refractivity contribution < 1.29 is 14.3 Å². The molecular weight excluding hydrogens is 430 g/mol. The van der Waals surface area contributed by atoms with Gasteiger partial charge >= 0.3 is 0 Å². The molecule has 0 unspecified atom stereocenters. The maximum atomic E-state index is 12.4. The normalized spacial score (nSPS) is 10.0. The van der Waals surface area contributed by atoms with Crippen molar-refractivity contribution in [3.05, 3.63) is 58.1 Å². The number of hydrogen-bond acceptors (Lipinski definition) is 4. The first-order chi connectivity index (χ1) is 12.9. The van der Waals surface area contributed by atoms with Crippen molar-refractivity contribution in [2.24, 2.45) is 0 Å². The summed E-state index contributed by atoms with van der Waals surface area (Å²) >= 11 is 8.55. The number of ether oxygens (including phenoxy) is 1. The lowest BCUT2D eigenvalue weighted by Crippen LogP contribution is -2.34. The number of benzene rings is 2. The molecule has 0 aromatic heterocycles. The molecule has 0 aliphatic rings. The number of methoxy groups -OCH3 is 1. The first kappa shape index (κ1) is 20.9. The van der Waals surface area contributed by atoms with E-state index in [4.69, 9.17) is 17.0 Å². The van der Waals surface area contributed by atoms with Gasteiger partial charge in [0.25, 0.3) is 5.91 Å². The molecule has 0 aliphatic carbocycles. The molecule has 6 nitrogen and oxygen atoms in total. The number of rotatable bonds is 6. The molecule has 2 aromatic rings. The SMILES string of the molecule is CNC(=O)CCc1ccc(NC(=S)NC(=O)c2cc(Br)ccc2OC)cc1. The van der Waals surface area contributed by atoms with Crippen molar-refractivity contribution in [1.82, 2.24) is 10.6 Å². The molecule has 0 radical (unpaired) electrons. The van der Waals surface area contributed by atoms with E-state index in [0.717, 1.165) is 15.7 Å². The van der Waals surface area contributed by atoms with Gasteiger partial charge in [0.2, 0.25) is 5.91 Å². The standard InChI is InChI=1S/C19H20BrN3O3S/c1-21-17(24)10-5-12-3-7-14(8-4-12)22-19(27)23-18(25)15-11-13(20)6-9-16(15)26-2/h3-4,6-9,11H,5,10H2,1-2H3,(H,21,24)(H2,22,23,25,27). The van der Waals surface area contributed by atoms with Crippen LogP contribution in [-0.4, -0.2) is 31.1 Å². The summed E-state index contributed by atoms with van der Waals surface area (Å²) in [4.78, 5) is 23.7. The van der Waals surface area contributed by atoms with Crippen LogP contribution in [0, 0.1) is 0 Å². The third-order valence-electron chi connectivity index (χ3n) is 3.76. The fourth-order valence-electron chi connectivity index (χ4n) is 2.33. The minimum absolute atomic E-state index is 0.00377. The van der Waals surface area contributed by atoms with E-state index in [1.807, 2.05) is 24.3 Å². The molecule has 2 amide bonds. The second-order valence-electron chi connectivity index (χ2n) is 5.62. The molecule has 0 fully saturated rings. The van der Waals surface area contributed by atoms with E-state index in [1.165, 1.54) is 7.11 Å². The molecule has 0 saturated heterocycles. The van der Waals surface area contributed by atoms with Gasteiger partial charge < -0.3 is 15.4 Å². The fraction of sp³-hybridized carbons (Fsp3) is 0.211. The van der Waals surface area contributed by atoms with Crippen LogP contribution in [0.1, 0.15) is 22.3 Å².